The number of aliphatic hydroxyl groups is 6. The summed E-state index contributed by atoms with van der Waals surface area (Å²) < 4.78 is 41.5. The second-order valence-electron chi connectivity index (χ2n) is 10.7. The molecule has 240 valence electrons. The normalized spacial score (nSPS) is 32.1. The molecule has 5 unspecified atom stereocenters. The highest BCUT2D eigenvalue weighted by Crippen LogP contribution is 2.42. The van der Waals surface area contributed by atoms with Crippen molar-refractivity contribution in [3.05, 3.63) is 72.6 Å². The Balaban J connectivity index is 1.25. The molecule has 2 aliphatic heterocycles. The molecule has 0 saturated carbocycles. The van der Waals surface area contributed by atoms with Gasteiger partial charge in [0.25, 0.3) is 0 Å². The third kappa shape index (κ3) is 6.23. The summed E-state index contributed by atoms with van der Waals surface area (Å²) in [5.41, 5.74) is -1.10. The van der Waals surface area contributed by atoms with E-state index in [1.807, 2.05) is 0 Å². The van der Waals surface area contributed by atoms with E-state index < -0.39 is 84.4 Å². The van der Waals surface area contributed by atoms with Gasteiger partial charge in [0, 0.05) is 11.1 Å². The zero-order chi connectivity index (χ0) is 31.8. The zero-order valence-electron chi connectivity index (χ0n) is 23.3. The minimum absolute atomic E-state index is 0.268. The van der Waals surface area contributed by atoms with Crippen LogP contribution in [0, 0.1) is 11.6 Å². The van der Waals surface area contributed by atoms with E-state index in [4.69, 9.17) is 9.47 Å². The molecule has 17 heteroatoms. The Morgan fingerprint density at radius 2 is 1.09 bits per heavy atom. The maximum absolute atomic E-state index is 13.8. The molecule has 45 heavy (non-hydrogen) atoms. The van der Waals surface area contributed by atoms with Crippen LogP contribution >= 0.6 is 11.8 Å². The van der Waals surface area contributed by atoms with Gasteiger partial charge in [-0.05, 0) is 24.3 Å². The molecule has 6 N–H and O–H groups in total. The molecule has 4 heterocycles. The molecule has 2 aromatic carbocycles. The van der Waals surface area contributed by atoms with E-state index in [9.17, 15) is 39.4 Å². The van der Waals surface area contributed by atoms with Gasteiger partial charge in [-0.15, -0.1) is 10.2 Å². The summed E-state index contributed by atoms with van der Waals surface area (Å²) in [4.78, 5) is 0. The van der Waals surface area contributed by atoms with Crippen molar-refractivity contribution in [2.24, 2.45) is 0 Å². The smallest absolute Gasteiger partial charge is 0.134 e. The molecule has 0 spiro atoms. The lowest BCUT2D eigenvalue weighted by Crippen LogP contribution is -2.58. The number of aromatic nitrogens is 6. The predicted octanol–water partition coefficient (Wildman–Crippen LogP) is -0.125. The van der Waals surface area contributed by atoms with Gasteiger partial charge in [0.1, 0.15) is 82.6 Å². The molecule has 2 saturated heterocycles. The highest BCUT2D eigenvalue weighted by Gasteiger charge is 2.51. The fourth-order valence-electron chi connectivity index (χ4n) is 5.52. The van der Waals surface area contributed by atoms with Crippen LogP contribution in [0.3, 0.4) is 0 Å². The molecule has 4 aromatic rings. The van der Waals surface area contributed by atoms with Crippen molar-refractivity contribution in [3.63, 3.8) is 0 Å². The summed E-state index contributed by atoms with van der Waals surface area (Å²) in [7, 11) is 0. The first-order chi connectivity index (χ1) is 21.7. The van der Waals surface area contributed by atoms with Crippen LogP contribution in [-0.2, 0) is 9.47 Å². The minimum atomic E-state index is -1.51. The minimum Gasteiger partial charge on any atom is -0.394 e. The number of halogens is 2. The third-order valence-electron chi connectivity index (χ3n) is 7.84. The number of hydrogen-bond acceptors (Lipinski definition) is 13. The van der Waals surface area contributed by atoms with E-state index in [-0.39, 0.29) is 11.4 Å². The van der Waals surface area contributed by atoms with E-state index >= 15 is 0 Å². The summed E-state index contributed by atoms with van der Waals surface area (Å²) >= 11 is 0.796. The highest BCUT2D eigenvalue weighted by molar-refractivity contribution is 8.00. The Kier molecular flexibility index (Phi) is 9.23. The maximum atomic E-state index is 13.8. The first kappa shape index (κ1) is 31.6. The average molecular weight is 649 g/mol. The average Bonchev–Trinajstić information content (AvgIpc) is 3.71. The number of rotatable bonds is 8. The highest BCUT2D eigenvalue weighted by atomic mass is 32.2. The molecule has 2 aliphatic rings. The lowest BCUT2D eigenvalue weighted by molar-refractivity contribution is -0.189. The van der Waals surface area contributed by atoms with Crippen LogP contribution in [0.5, 0.6) is 0 Å². The Bertz CT molecular complexity index is 1500. The standard InChI is InChI=1S/C28H30F2N6O8S/c29-15-5-1-3-13(7-15)17-9-35(33-31-17)21-23(39)19(11-37)43-27(25(21)41)45-28-26(42)22(24(40)20(12-38)44-28)36-10-18(32-34-36)14-4-2-6-16(30)8-14/h1-10,19-28,37-42H,11-12H2/t19-,20?,21?,22?,23-,24-,25?,26?,27-,28-/m0/s1. The summed E-state index contributed by atoms with van der Waals surface area (Å²) in [6.45, 7) is -1.27. The molecule has 0 radical (unpaired) electrons. The Labute approximate surface area is 258 Å². The quantitative estimate of drug-likeness (QED) is 0.148. The van der Waals surface area contributed by atoms with Gasteiger partial charge in [-0.2, -0.15) is 0 Å². The van der Waals surface area contributed by atoms with E-state index in [0.717, 1.165) is 11.8 Å². The number of nitrogens with zero attached hydrogens (tertiary/aromatic N) is 6. The van der Waals surface area contributed by atoms with Crippen molar-refractivity contribution >= 4 is 11.8 Å². The molecule has 2 fully saturated rings. The van der Waals surface area contributed by atoms with Crippen LogP contribution in [0.25, 0.3) is 22.5 Å². The number of benzene rings is 2. The monoisotopic (exact) mass is 648 g/mol. The van der Waals surface area contributed by atoms with Crippen molar-refractivity contribution < 1.29 is 48.9 Å². The van der Waals surface area contributed by atoms with Crippen molar-refractivity contribution in [2.45, 2.75) is 59.6 Å². The van der Waals surface area contributed by atoms with Crippen molar-refractivity contribution in [1.82, 2.24) is 30.0 Å². The maximum Gasteiger partial charge on any atom is 0.134 e. The number of aliphatic hydroxyl groups excluding tert-OH is 6. The van der Waals surface area contributed by atoms with Gasteiger partial charge < -0.3 is 40.1 Å². The second-order valence-corrected chi connectivity index (χ2v) is 11.9. The second kappa shape index (κ2) is 13.1. The SMILES string of the molecule is OCC1O[C@@H](S[C@@H]2O[C@@H](CO)[C@H](O)C(n3cc(-c4cccc(F)c4)nn3)C2O)C(O)C(n2cc(-c3cccc(F)c3)nn2)[C@H]1O. The number of thioether (sulfide) groups is 1. The van der Waals surface area contributed by atoms with Gasteiger partial charge in [-0.25, -0.2) is 18.1 Å². The molecule has 0 aliphatic carbocycles. The lowest BCUT2D eigenvalue weighted by atomic mass is 9.97. The molecule has 14 nitrogen and oxygen atoms in total. The number of hydrogen-bond donors (Lipinski definition) is 6. The van der Waals surface area contributed by atoms with Crippen molar-refractivity contribution in [1.29, 1.82) is 0 Å². The molecule has 0 amide bonds. The Morgan fingerprint density at radius 1 is 0.667 bits per heavy atom. The Morgan fingerprint density at radius 3 is 1.47 bits per heavy atom. The van der Waals surface area contributed by atoms with Gasteiger partial charge in [0.2, 0.25) is 0 Å². The largest absolute Gasteiger partial charge is 0.394 e. The van der Waals surface area contributed by atoms with Crippen LogP contribution < -0.4 is 0 Å². The third-order valence-corrected chi connectivity index (χ3v) is 9.15. The topological polar surface area (TPSA) is 201 Å². The van der Waals surface area contributed by atoms with Gasteiger partial charge in [0.05, 0.1) is 25.6 Å². The predicted molar refractivity (Wildman–Crippen MR) is 152 cm³/mol. The van der Waals surface area contributed by atoms with E-state index in [2.05, 4.69) is 20.6 Å². The van der Waals surface area contributed by atoms with Gasteiger partial charge in [-0.1, -0.05) is 46.5 Å². The van der Waals surface area contributed by atoms with Crippen LogP contribution in [0.1, 0.15) is 12.1 Å². The van der Waals surface area contributed by atoms with Crippen LogP contribution in [-0.4, -0.2) is 121 Å². The van der Waals surface area contributed by atoms with Crippen LogP contribution in [0.2, 0.25) is 0 Å². The zero-order valence-corrected chi connectivity index (χ0v) is 24.1. The molecular weight excluding hydrogens is 618 g/mol. The van der Waals surface area contributed by atoms with E-state index in [0.29, 0.717) is 11.1 Å². The summed E-state index contributed by atoms with van der Waals surface area (Å²) in [6.07, 6.45) is -5.48. The molecule has 10 atom stereocenters. The van der Waals surface area contributed by atoms with E-state index in [1.165, 1.54) is 58.2 Å². The van der Waals surface area contributed by atoms with Gasteiger partial charge in [-0.3, -0.25) is 0 Å². The van der Waals surface area contributed by atoms with E-state index in [1.54, 1.807) is 12.1 Å². The first-order valence-corrected chi connectivity index (χ1v) is 14.9. The van der Waals surface area contributed by atoms with Crippen LogP contribution in [0.15, 0.2) is 60.9 Å². The Hall–Kier alpha value is -3.39. The van der Waals surface area contributed by atoms with Crippen molar-refractivity contribution in [2.75, 3.05) is 13.2 Å². The van der Waals surface area contributed by atoms with Crippen molar-refractivity contribution in [3.8, 4) is 22.5 Å². The van der Waals surface area contributed by atoms with Gasteiger partial charge in [0.15, 0.2) is 0 Å². The molecular formula is C28H30F2N6O8S. The van der Waals surface area contributed by atoms with Crippen LogP contribution in [0.4, 0.5) is 8.78 Å². The summed E-state index contributed by atoms with van der Waals surface area (Å²) in [6, 6.07) is 8.88. The van der Waals surface area contributed by atoms with Gasteiger partial charge >= 0.3 is 0 Å². The fraction of sp³-hybridized carbons (Fsp3) is 0.429. The summed E-state index contributed by atoms with van der Waals surface area (Å²) in [5.74, 6) is -0.978. The number of ether oxygens (including phenoxy) is 2. The molecule has 0 bridgehead atoms. The first-order valence-electron chi connectivity index (χ1n) is 13.9. The fourth-order valence-corrected chi connectivity index (χ4v) is 6.84. The molecule has 2 aromatic heterocycles. The molecule has 6 rings (SSSR count). The lowest BCUT2D eigenvalue weighted by Gasteiger charge is -2.46. The summed E-state index contributed by atoms with van der Waals surface area (Å²) in [5, 5.41) is 80.8.